The number of amides is 1. The van der Waals surface area contributed by atoms with Crippen molar-refractivity contribution in [3.8, 4) is 0 Å². The Hall–Kier alpha value is -1.96. The van der Waals surface area contributed by atoms with Crippen LogP contribution in [0.1, 0.15) is 12.5 Å². The Balaban J connectivity index is 1.95. The minimum Gasteiger partial charge on any atom is -0.351 e. The summed E-state index contributed by atoms with van der Waals surface area (Å²) >= 11 is 5.72. The lowest BCUT2D eigenvalue weighted by Crippen LogP contribution is -2.44. The zero-order valence-corrected chi connectivity index (χ0v) is 14.4. The van der Waals surface area contributed by atoms with Crippen LogP contribution in [-0.2, 0) is 21.4 Å². The second kappa shape index (κ2) is 7.74. The highest BCUT2D eigenvalue weighted by molar-refractivity contribution is 7.89. The van der Waals surface area contributed by atoms with Gasteiger partial charge in [0.25, 0.3) is 0 Å². The Morgan fingerprint density at radius 3 is 2.29 bits per heavy atom. The largest absolute Gasteiger partial charge is 0.351 e. The summed E-state index contributed by atoms with van der Waals surface area (Å²) in [5.74, 6) is -0.856. The van der Waals surface area contributed by atoms with Crippen molar-refractivity contribution in [1.29, 1.82) is 0 Å². The van der Waals surface area contributed by atoms with Gasteiger partial charge >= 0.3 is 0 Å². The lowest BCUT2D eigenvalue weighted by atomic mass is 10.2. The number of hydrogen-bond acceptors (Lipinski definition) is 3. The third kappa shape index (κ3) is 5.02. The van der Waals surface area contributed by atoms with Crippen LogP contribution in [0.25, 0.3) is 0 Å². The number of sulfonamides is 1. The van der Waals surface area contributed by atoms with Crippen LogP contribution in [0.15, 0.2) is 53.4 Å². The first kappa shape index (κ1) is 18.4. The summed E-state index contributed by atoms with van der Waals surface area (Å²) in [6.45, 7) is 1.61. The SMILES string of the molecule is C[C@H](NS(=O)(=O)c1ccc(Cl)cc1)C(=O)NCc1ccc(F)cc1. The molecule has 24 heavy (non-hydrogen) atoms. The number of halogens is 2. The first-order valence-electron chi connectivity index (χ1n) is 7.08. The van der Waals surface area contributed by atoms with E-state index in [0.717, 1.165) is 0 Å². The monoisotopic (exact) mass is 370 g/mol. The molecular formula is C16H16ClFN2O3S. The van der Waals surface area contributed by atoms with Crippen LogP contribution in [0.3, 0.4) is 0 Å². The van der Waals surface area contributed by atoms with Crippen LogP contribution in [0, 0.1) is 5.82 Å². The molecule has 0 spiro atoms. The van der Waals surface area contributed by atoms with Crippen molar-refractivity contribution < 1.29 is 17.6 Å². The molecule has 0 unspecified atom stereocenters. The highest BCUT2D eigenvalue weighted by atomic mass is 35.5. The molecule has 2 aromatic carbocycles. The molecule has 1 amide bonds. The van der Waals surface area contributed by atoms with Gasteiger partial charge < -0.3 is 5.32 Å². The smallest absolute Gasteiger partial charge is 0.241 e. The van der Waals surface area contributed by atoms with Gasteiger partial charge in [0.15, 0.2) is 0 Å². The zero-order valence-electron chi connectivity index (χ0n) is 12.8. The Morgan fingerprint density at radius 1 is 1.12 bits per heavy atom. The van der Waals surface area contributed by atoms with E-state index in [1.807, 2.05) is 0 Å². The molecular weight excluding hydrogens is 355 g/mol. The van der Waals surface area contributed by atoms with E-state index in [9.17, 15) is 17.6 Å². The third-order valence-electron chi connectivity index (χ3n) is 3.23. The summed E-state index contributed by atoms with van der Waals surface area (Å²) < 4.78 is 39.5. The summed E-state index contributed by atoms with van der Waals surface area (Å²) in [5, 5.41) is 3.01. The zero-order chi connectivity index (χ0) is 17.7. The number of carbonyl (C=O) groups excluding carboxylic acids is 1. The number of rotatable bonds is 6. The topological polar surface area (TPSA) is 75.3 Å². The van der Waals surface area contributed by atoms with Crippen LogP contribution < -0.4 is 10.0 Å². The van der Waals surface area contributed by atoms with Gasteiger partial charge in [-0.3, -0.25) is 4.79 Å². The molecule has 128 valence electrons. The molecule has 0 heterocycles. The van der Waals surface area contributed by atoms with E-state index in [0.29, 0.717) is 10.6 Å². The van der Waals surface area contributed by atoms with Crippen LogP contribution in [0.5, 0.6) is 0 Å². The minimum atomic E-state index is -3.83. The second-order valence-electron chi connectivity index (χ2n) is 5.14. The summed E-state index contributed by atoms with van der Waals surface area (Å²) in [4.78, 5) is 12.0. The van der Waals surface area contributed by atoms with Gasteiger partial charge in [-0.2, -0.15) is 4.72 Å². The van der Waals surface area contributed by atoms with Crippen LogP contribution >= 0.6 is 11.6 Å². The predicted octanol–water partition coefficient (Wildman–Crippen LogP) is 2.46. The molecule has 2 aromatic rings. The molecule has 0 aliphatic rings. The van der Waals surface area contributed by atoms with Crippen LogP contribution in [0.2, 0.25) is 5.02 Å². The van der Waals surface area contributed by atoms with Gasteiger partial charge in [-0.25, -0.2) is 12.8 Å². The molecule has 0 fully saturated rings. The van der Waals surface area contributed by atoms with Crippen molar-refractivity contribution >= 4 is 27.5 Å². The molecule has 0 saturated heterocycles. The van der Waals surface area contributed by atoms with Crippen molar-refractivity contribution in [2.75, 3.05) is 0 Å². The molecule has 2 N–H and O–H groups in total. The van der Waals surface area contributed by atoms with Crippen molar-refractivity contribution in [1.82, 2.24) is 10.0 Å². The predicted molar refractivity (Wildman–Crippen MR) is 89.5 cm³/mol. The number of carbonyl (C=O) groups is 1. The standard InChI is InChI=1S/C16H16ClFN2O3S/c1-11(16(21)19-10-12-2-6-14(18)7-3-12)20-24(22,23)15-8-4-13(17)5-9-15/h2-9,11,20H,10H2,1H3,(H,19,21)/t11-/m0/s1. The van der Waals surface area contributed by atoms with E-state index < -0.39 is 22.0 Å². The van der Waals surface area contributed by atoms with Gasteiger partial charge in [-0.1, -0.05) is 23.7 Å². The van der Waals surface area contributed by atoms with E-state index in [1.54, 1.807) is 0 Å². The van der Waals surface area contributed by atoms with Gasteiger partial charge in [0.1, 0.15) is 5.82 Å². The van der Waals surface area contributed by atoms with E-state index in [2.05, 4.69) is 10.0 Å². The fraction of sp³-hybridized carbons (Fsp3) is 0.188. The summed E-state index contributed by atoms with van der Waals surface area (Å²) in [7, 11) is -3.83. The molecule has 0 aliphatic heterocycles. The second-order valence-corrected chi connectivity index (χ2v) is 7.29. The maximum Gasteiger partial charge on any atom is 0.241 e. The first-order chi connectivity index (χ1) is 11.3. The van der Waals surface area contributed by atoms with Gasteiger partial charge in [0, 0.05) is 11.6 Å². The van der Waals surface area contributed by atoms with Crippen molar-refractivity contribution in [3.05, 3.63) is 64.9 Å². The van der Waals surface area contributed by atoms with Gasteiger partial charge in [-0.15, -0.1) is 0 Å². The highest BCUT2D eigenvalue weighted by Gasteiger charge is 2.21. The van der Waals surface area contributed by atoms with Crippen LogP contribution in [-0.4, -0.2) is 20.4 Å². The first-order valence-corrected chi connectivity index (χ1v) is 8.94. The summed E-state index contributed by atoms with van der Waals surface area (Å²) in [5.41, 5.74) is 0.706. The van der Waals surface area contributed by atoms with E-state index >= 15 is 0 Å². The van der Waals surface area contributed by atoms with Gasteiger partial charge in [-0.05, 0) is 48.9 Å². The van der Waals surface area contributed by atoms with Crippen molar-refractivity contribution in [3.63, 3.8) is 0 Å². The molecule has 2 rings (SSSR count). The number of hydrogen-bond donors (Lipinski definition) is 2. The maximum atomic E-state index is 12.8. The van der Waals surface area contributed by atoms with Gasteiger partial charge in [0.2, 0.25) is 15.9 Å². The molecule has 1 atom stereocenters. The summed E-state index contributed by atoms with van der Waals surface area (Å²) in [6.07, 6.45) is 0. The molecule has 0 saturated carbocycles. The molecule has 8 heteroatoms. The maximum absolute atomic E-state index is 12.8. The van der Waals surface area contributed by atoms with E-state index in [4.69, 9.17) is 11.6 Å². The minimum absolute atomic E-state index is 0.0186. The Bertz CT molecular complexity index is 808. The third-order valence-corrected chi connectivity index (χ3v) is 5.04. The Kier molecular flexibility index (Phi) is 5.93. The van der Waals surface area contributed by atoms with Crippen molar-refractivity contribution in [2.45, 2.75) is 24.4 Å². The molecule has 0 bridgehead atoms. The molecule has 5 nitrogen and oxygen atoms in total. The fourth-order valence-corrected chi connectivity index (χ4v) is 3.24. The normalized spacial score (nSPS) is 12.6. The average Bonchev–Trinajstić information content (AvgIpc) is 2.54. The Labute approximate surface area is 144 Å². The molecule has 0 aromatic heterocycles. The average molecular weight is 371 g/mol. The van der Waals surface area contributed by atoms with Crippen LogP contribution in [0.4, 0.5) is 4.39 Å². The van der Waals surface area contributed by atoms with E-state index in [1.165, 1.54) is 55.5 Å². The quantitative estimate of drug-likeness (QED) is 0.820. The fourth-order valence-electron chi connectivity index (χ4n) is 1.91. The molecule has 0 aliphatic carbocycles. The highest BCUT2D eigenvalue weighted by Crippen LogP contribution is 2.14. The Morgan fingerprint density at radius 2 is 1.71 bits per heavy atom. The van der Waals surface area contributed by atoms with E-state index in [-0.39, 0.29) is 17.3 Å². The van der Waals surface area contributed by atoms with Crippen molar-refractivity contribution in [2.24, 2.45) is 0 Å². The molecule has 0 radical (unpaired) electrons. The lowest BCUT2D eigenvalue weighted by molar-refractivity contribution is -0.122. The number of benzene rings is 2. The van der Waals surface area contributed by atoms with Gasteiger partial charge in [0.05, 0.1) is 10.9 Å². The summed E-state index contributed by atoms with van der Waals surface area (Å²) in [6, 6.07) is 10.3. The number of nitrogens with one attached hydrogen (secondary N) is 2. The lowest BCUT2D eigenvalue weighted by Gasteiger charge is -2.14.